The van der Waals surface area contributed by atoms with Crippen LogP contribution < -0.4 is 5.32 Å². The zero-order chi connectivity index (χ0) is 26.4. The predicted octanol–water partition coefficient (Wildman–Crippen LogP) is 5.09. The van der Waals surface area contributed by atoms with Crippen LogP contribution in [0.15, 0.2) is 79.0 Å². The van der Waals surface area contributed by atoms with Gasteiger partial charge in [0.2, 0.25) is 0 Å². The standard InChI is InChI=1S/C30H33N3O4/c1-20(2)15-24(22-11-13-26(34)14-12-22)18-31-29(35)27-9-6-10-28-32-25(19-33(27)28)17-23(30(36)37)16-21-7-4-3-5-8-21/h3-14,19-20,23-24,34H,15-18H2,1-2H3,(H,31,35)(H,36,37). The fraction of sp³-hybridized carbons (Fsp3) is 0.300. The highest BCUT2D eigenvalue weighted by Crippen LogP contribution is 2.25. The average Bonchev–Trinajstić information content (AvgIpc) is 3.29. The minimum Gasteiger partial charge on any atom is -0.508 e. The van der Waals surface area contributed by atoms with Gasteiger partial charge in [0.1, 0.15) is 17.1 Å². The summed E-state index contributed by atoms with van der Waals surface area (Å²) in [6, 6.07) is 22.0. The Morgan fingerprint density at radius 1 is 0.946 bits per heavy atom. The largest absolute Gasteiger partial charge is 0.508 e. The minimum atomic E-state index is -0.871. The average molecular weight is 500 g/mol. The summed E-state index contributed by atoms with van der Waals surface area (Å²) in [6.07, 6.45) is 3.33. The van der Waals surface area contributed by atoms with Crippen molar-refractivity contribution in [2.75, 3.05) is 6.54 Å². The van der Waals surface area contributed by atoms with Gasteiger partial charge in [-0.05, 0) is 54.2 Å². The summed E-state index contributed by atoms with van der Waals surface area (Å²) < 4.78 is 1.73. The molecule has 192 valence electrons. The number of carbonyl (C=O) groups excluding carboxylic acids is 1. The Balaban J connectivity index is 1.50. The highest BCUT2D eigenvalue weighted by atomic mass is 16.4. The van der Waals surface area contributed by atoms with E-state index in [4.69, 9.17) is 0 Å². The fourth-order valence-electron chi connectivity index (χ4n) is 4.70. The number of imidazole rings is 1. The van der Waals surface area contributed by atoms with Gasteiger partial charge in [0.05, 0.1) is 11.6 Å². The van der Waals surface area contributed by atoms with E-state index in [9.17, 15) is 19.8 Å². The molecule has 0 aliphatic carbocycles. The minimum absolute atomic E-state index is 0.108. The van der Waals surface area contributed by atoms with Crippen LogP contribution in [0.4, 0.5) is 0 Å². The van der Waals surface area contributed by atoms with Crippen molar-refractivity contribution in [2.24, 2.45) is 11.8 Å². The molecule has 4 rings (SSSR count). The van der Waals surface area contributed by atoms with E-state index in [1.54, 1.807) is 34.9 Å². The van der Waals surface area contributed by atoms with E-state index in [-0.39, 0.29) is 24.0 Å². The van der Waals surface area contributed by atoms with Crippen LogP contribution in [0.25, 0.3) is 5.65 Å². The normalized spacial score (nSPS) is 12.9. The van der Waals surface area contributed by atoms with Crippen molar-refractivity contribution in [2.45, 2.75) is 39.0 Å². The SMILES string of the molecule is CC(C)CC(CNC(=O)c1cccc2nc(CC(Cc3ccccc3)C(=O)O)cn12)c1ccc(O)cc1. The monoisotopic (exact) mass is 499 g/mol. The molecule has 7 heteroatoms. The van der Waals surface area contributed by atoms with Crippen molar-refractivity contribution in [1.29, 1.82) is 0 Å². The number of nitrogens with one attached hydrogen (secondary N) is 1. The van der Waals surface area contributed by atoms with Gasteiger partial charge in [-0.3, -0.25) is 14.0 Å². The number of nitrogens with zero attached hydrogens (tertiary/aromatic N) is 2. The van der Waals surface area contributed by atoms with Crippen molar-refractivity contribution in [3.8, 4) is 5.75 Å². The zero-order valence-electron chi connectivity index (χ0n) is 21.2. The van der Waals surface area contributed by atoms with E-state index in [1.807, 2.05) is 48.5 Å². The maximum absolute atomic E-state index is 13.2. The smallest absolute Gasteiger partial charge is 0.307 e. The van der Waals surface area contributed by atoms with Gasteiger partial charge in [0, 0.05) is 25.1 Å². The molecule has 2 aromatic carbocycles. The Kier molecular flexibility index (Phi) is 8.23. The van der Waals surface area contributed by atoms with Crippen molar-refractivity contribution >= 4 is 17.5 Å². The number of amides is 1. The van der Waals surface area contributed by atoms with Crippen LogP contribution in [0.2, 0.25) is 0 Å². The summed E-state index contributed by atoms with van der Waals surface area (Å²) in [4.78, 5) is 29.8. The molecule has 37 heavy (non-hydrogen) atoms. The van der Waals surface area contributed by atoms with Crippen molar-refractivity contribution < 1.29 is 19.8 Å². The van der Waals surface area contributed by atoms with Gasteiger partial charge in [-0.2, -0.15) is 0 Å². The Morgan fingerprint density at radius 2 is 1.68 bits per heavy atom. The molecular formula is C30H33N3O4. The number of hydrogen-bond acceptors (Lipinski definition) is 4. The highest BCUT2D eigenvalue weighted by molar-refractivity contribution is 5.93. The molecule has 0 saturated heterocycles. The molecule has 1 amide bonds. The predicted molar refractivity (Wildman–Crippen MR) is 143 cm³/mol. The van der Waals surface area contributed by atoms with Crippen molar-refractivity contribution in [1.82, 2.24) is 14.7 Å². The lowest BCUT2D eigenvalue weighted by atomic mass is 9.90. The number of aliphatic carboxylic acids is 1. The molecule has 3 N–H and O–H groups in total. The second kappa shape index (κ2) is 11.7. The van der Waals surface area contributed by atoms with Gasteiger partial charge < -0.3 is 15.5 Å². The third kappa shape index (κ3) is 6.76. The van der Waals surface area contributed by atoms with E-state index in [2.05, 4.69) is 24.1 Å². The number of rotatable bonds is 11. The summed E-state index contributed by atoms with van der Waals surface area (Å²) in [5.74, 6) is -0.949. The van der Waals surface area contributed by atoms with Crippen LogP contribution in [-0.4, -0.2) is 38.0 Å². The van der Waals surface area contributed by atoms with Crippen LogP contribution >= 0.6 is 0 Å². The molecule has 2 heterocycles. The van der Waals surface area contributed by atoms with Crippen LogP contribution in [0.1, 0.15) is 53.5 Å². The van der Waals surface area contributed by atoms with Gasteiger partial charge in [-0.15, -0.1) is 0 Å². The van der Waals surface area contributed by atoms with Gasteiger partial charge in [-0.25, -0.2) is 4.98 Å². The third-order valence-corrected chi connectivity index (χ3v) is 6.53. The van der Waals surface area contributed by atoms with Gasteiger partial charge >= 0.3 is 5.97 Å². The molecule has 2 unspecified atom stereocenters. The first-order valence-electron chi connectivity index (χ1n) is 12.6. The van der Waals surface area contributed by atoms with Gasteiger partial charge in [0.25, 0.3) is 5.91 Å². The molecule has 0 spiro atoms. The summed E-state index contributed by atoms with van der Waals surface area (Å²) in [7, 11) is 0. The van der Waals surface area contributed by atoms with Crippen LogP contribution in [0, 0.1) is 11.8 Å². The topological polar surface area (TPSA) is 104 Å². The number of phenols is 1. The first kappa shape index (κ1) is 25.9. The number of phenolic OH excluding ortho intramolecular Hbond substituents is 1. The Labute approximate surface area is 216 Å². The van der Waals surface area contributed by atoms with E-state index in [0.29, 0.717) is 35.9 Å². The molecule has 0 radical (unpaired) electrons. The lowest BCUT2D eigenvalue weighted by Crippen LogP contribution is -2.30. The number of fused-ring (bicyclic) bond motifs is 1. The molecule has 0 saturated carbocycles. The zero-order valence-corrected chi connectivity index (χ0v) is 21.2. The highest BCUT2D eigenvalue weighted by Gasteiger charge is 2.22. The maximum atomic E-state index is 13.2. The number of benzene rings is 2. The molecule has 4 aromatic rings. The van der Waals surface area contributed by atoms with Crippen molar-refractivity contribution in [3.63, 3.8) is 0 Å². The van der Waals surface area contributed by atoms with E-state index in [0.717, 1.165) is 17.5 Å². The molecule has 2 atom stereocenters. The third-order valence-electron chi connectivity index (χ3n) is 6.53. The summed E-state index contributed by atoms with van der Waals surface area (Å²) in [5, 5.41) is 22.5. The first-order chi connectivity index (χ1) is 17.8. The quantitative estimate of drug-likeness (QED) is 0.267. The number of aromatic hydroxyl groups is 1. The number of hydrogen-bond donors (Lipinski definition) is 3. The van der Waals surface area contributed by atoms with Gasteiger partial charge in [0.15, 0.2) is 0 Å². The molecule has 0 bridgehead atoms. The summed E-state index contributed by atoms with van der Waals surface area (Å²) in [6.45, 7) is 4.74. The second-order valence-electron chi connectivity index (χ2n) is 9.93. The molecular weight excluding hydrogens is 466 g/mol. The lowest BCUT2D eigenvalue weighted by molar-refractivity contribution is -0.141. The number of aromatic nitrogens is 2. The molecule has 0 fully saturated rings. The fourth-order valence-corrected chi connectivity index (χ4v) is 4.70. The van der Waals surface area contributed by atoms with Crippen LogP contribution in [0.5, 0.6) is 5.75 Å². The number of pyridine rings is 1. The summed E-state index contributed by atoms with van der Waals surface area (Å²) in [5.41, 5.74) is 3.70. The van der Waals surface area contributed by atoms with Gasteiger partial charge in [-0.1, -0.05) is 62.4 Å². The van der Waals surface area contributed by atoms with Crippen LogP contribution in [-0.2, 0) is 17.6 Å². The Morgan fingerprint density at radius 3 is 2.35 bits per heavy atom. The Hall–Kier alpha value is -4.13. The van der Waals surface area contributed by atoms with E-state index < -0.39 is 11.9 Å². The molecule has 0 aliphatic rings. The van der Waals surface area contributed by atoms with E-state index in [1.165, 1.54) is 0 Å². The van der Waals surface area contributed by atoms with Crippen LogP contribution in [0.3, 0.4) is 0 Å². The number of carboxylic acids is 1. The number of carboxylic acid groups (broad SMARTS) is 1. The molecule has 0 aliphatic heterocycles. The number of carbonyl (C=O) groups is 2. The first-order valence-corrected chi connectivity index (χ1v) is 12.6. The molecule has 2 aromatic heterocycles. The van der Waals surface area contributed by atoms with Crippen molar-refractivity contribution in [3.05, 3.63) is 102 Å². The lowest BCUT2D eigenvalue weighted by Gasteiger charge is -2.20. The maximum Gasteiger partial charge on any atom is 0.307 e. The van der Waals surface area contributed by atoms with E-state index >= 15 is 0 Å². The summed E-state index contributed by atoms with van der Waals surface area (Å²) >= 11 is 0. The second-order valence-corrected chi connectivity index (χ2v) is 9.93. The Bertz CT molecular complexity index is 1350. The molecule has 7 nitrogen and oxygen atoms in total.